The van der Waals surface area contributed by atoms with Gasteiger partial charge in [-0.25, -0.2) is 0 Å². The van der Waals surface area contributed by atoms with Crippen molar-refractivity contribution in [3.63, 3.8) is 0 Å². The monoisotopic (exact) mass is 371 g/mol. The van der Waals surface area contributed by atoms with Gasteiger partial charge in [0, 0.05) is 24.1 Å². The van der Waals surface area contributed by atoms with Crippen molar-refractivity contribution in [2.45, 2.75) is 50.9 Å². The van der Waals surface area contributed by atoms with Gasteiger partial charge in [-0.1, -0.05) is 54.1 Å². The molecule has 1 unspecified atom stereocenters. The van der Waals surface area contributed by atoms with Gasteiger partial charge in [-0.15, -0.1) is 0 Å². The van der Waals surface area contributed by atoms with E-state index in [-0.39, 0.29) is 17.6 Å². The minimum atomic E-state index is -0.657. The van der Waals surface area contributed by atoms with E-state index in [0.717, 1.165) is 32.1 Å². The summed E-state index contributed by atoms with van der Waals surface area (Å²) < 4.78 is 0. The van der Waals surface area contributed by atoms with Crippen molar-refractivity contribution in [3.05, 3.63) is 41.5 Å². The van der Waals surface area contributed by atoms with Gasteiger partial charge in [-0.3, -0.25) is 5.32 Å². The molecule has 0 radical (unpaired) electrons. The molecule has 2 saturated carbocycles. The van der Waals surface area contributed by atoms with Crippen LogP contribution < -0.4 is 10.6 Å². The van der Waals surface area contributed by atoms with E-state index < -0.39 is 5.60 Å². The number of aliphatic hydroxyl groups is 1. The molecule has 0 aliphatic heterocycles. The average molecular weight is 372 g/mol. The molecule has 0 bridgehead atoms. The predicted molar refractivity (Wildman–Crippen MR) is 110 cm³/mol. The van der Waals surface area contributed by atoms with E-state index in [2.05, 4.69) is 53.1 Å². The van der Waals surface area contributed by atoms with Crippen LogP contribution in [-0.4, -0.2) is 43.8 Å². The average Bonchev–Trinajstić information content (AvgIpc) is 2.93. The van der Waals surface area contributed by atoms with Gasteiger partial charge < -0.3 is 15.3 Å². The van der Waals surface area contributed by atoms with Gasteiger partial charge in [-0.05, 0) is 51.8 Å². The molecule has 0 aromatic heterocycles. The first-order valence-electron chi connectivity index (χ1n) is 9.99. The van der Waals surface area contributed by atoms with Crippen molar-refractivity contribution in [2.24, 2.45) is 16.5 Å². The van der Waals surface area contributed by atoms with E-state index in [9.17, 15) is 5.11 Å². The number of nitrogens with zero attached hydrogens (tertiary/aromatic N) is 1. The molecule has 0 saturated heterocycles. The Kier molecular flexibility index (Phi) is 6.35. The molecule has 4 atom stereocenters. The van der Waals surface area contributed by atoms with E-state index in [0.29, 0.717) is 6.54 Å². The van der Waals surface area contributed by atoms with Crippen LogP contribution in [0.15, 0.2) is 41.1 Å². The number of oxime groups is 1. The van der Waals surface area contributed by atoms with Gasteiger partial charge in [0.25, 0.3) is 0 Å². The lowest BCUT2D eigenvalue weighted by molar-refractivity contribution is -0.0756. The quantitative estimate of drug-likeness (QED) is 0.391. The summed E-state index contributed by atoms with van der Waals surface area (Å²) in [5.41, 5.74) is 1.76. The Morgan fingerprint density at radius 2 is 2.07 bits per heavy atom. The summed E-state index contributed by atoms with van der Waals surface area (Å²) in [4.78, 5) is 5.55. The van der Waals surface area contributed by atoms with Crippen molar-refractivity contribution in [1.82, 2.24) is 10.6 Å². The first-order valence-corrected chi connectivity index (χ1v) is 9.99. The molecule has 1 aromatic rings. The van der Waals surface area contributed by atoms with Crippen molar-refractivity contribution < 1.29 is 9.94 Å². The number of benzene rings is 1. The van der Waals surface area contributed by atoms with Crippen LogP contribution >= 0.6 is 0 Å². The van der Waals surface area contributed by atoms with E-state index in [1.807, 2.05) is 26.4 Å². The summed E-state index contributed by atoms with van der Waals surface area (Å²) in [5, 5.41) is 21.9. The van der Waals surface area contributed by atoms with Crippen LogP contribution in [0.25, 0.3) is 6.08 Å². The fourth-order valence-electron chi connectivity index (χ4n) is 4.64. The van der Waals surface area contributed by atoms with Crippen molar-refractivity contribution in [3.8, 4) is 0 Å². The highest BCUT2D eigenvalue weighted by Gasteiger charge is 2.57. The Bertz CT molecular complexity index is 675. The zero-order chi connectivity index (χ0) is 19.3. The normalized spacial score (nSPS) is 33.3. The Morgan fingerprint density at radius 3 is 2.78 bits per heavy atom. The van der Waals surface area contributed by atoms with E-state index in [1.165, 1.54) is 11.1 Å². The number of hydrogen-bond acceptors (Lipinski definition) is 5. The summed E-state index contributed by atoms with van der Waals surface area (Å²) in [5.74, 6) is 0.243. The first kappa shape index (κ1) is 20.1. The molecule has 27 heavy (non-hydrogen) atoms. The number of likely N-dealkylation sites (N-methyl/N-ethyl adjacent to an activating group) is 2. The van der Waals surface area contributed by atoms with Crippen molar-refractivity contribution in [2.75, 3.05) is 20.6 Å². The molecule has 3 N–H and O–H groups in total. The van der Waals surface area contributed by atoms with Gasteiger partial charge in [0.15, 0.2) is 6.23 Å². The molecule has 2 fully saturated rings. The number of rotatable bonds is 7. The summed E-state index contributed by atoms with van der Waals surface area (Å²) in [6.07, 6.45) is 8.55. The molecule has 3 rings (SSSR count). The largest absolute Gasteiger partial charge is 0.389 e. The maximum Gasteiger partial charge on any atom is 0.190 e. The van der Waals surface area contributed by atoms with Crippen molar-refractivity contribution >= 4 is 12.3 Å². The molecule has 148 valence electrons. The maximum absolute atomic E-state index is 11.5. The second-order valence-electron chi connectivity index (χ2n) is 8.18. The minimum absolute atomic E-state index is 0.147. The Morgan fingerprint density at radius 1 is 1.30 bits per heavy atom. The second-order valence-corrected chi connectivity index (χ2v) is 8.18. The highest BCUT2D eigenvalue weighted by atomic mass is 16.6. The zero-order valence-electron chi connectivity index (χ0n) is 16.7. The van der Waals surface area contributed by atoms with Crippen LogP contribution in [0.1, 0.15) is 44.6 Å². The number of fused-ring (bicyclic) bond motifs is 1. The van der Waals surface area contributed by atoms with Crippen LogP contribution in [0.3, 0.4) is 0 Å². The zero-order valence-corrected chi connectivity index (χ0v) is 16.7. The van der Waals surface area contributed by atoms with Gasteiger partial charge in [-0.2, -0.15) is 0 Å². The highest BCUT2D eigenvalue weighted by molar-refractivity contribution is 5.63. The smallest absolute Gasteiger partial charge is 0.190 e. The Balaban J connectivity index is 1.67. The molecular formula is C22H33N3O2. The molecule has 2 aliphatic carbocycles. The summed E-state index contributed by atoms with van der Waals surface area (Å²) in [6.45, 7) is 2.91. The molecule has 1 aromatic carbocycles. The number of hydrogen-bond donors (Lipinski definition) is 3. The van der Waals surface area contributed by atoms with Crippen LogP contribution in [0.2, 0.25) is 0 Å². The predicted octanol–water partition coefficient (Wildman–Crippen LogP) is 3.17. The van der Waals surface area contributed by atoms with Crippen molar-refractivity contribution in [1.29, 1.82) is 0 Å². The molecule has 0 heterocycles. The van der Waals surface area contributed by atoms with Crippen LogP contribution in [0.5, 0.6) is 0 Å². The molecule has 0 spiro atoms. The maximum atomic E-state index is 11.5. The van der Waals surface area contributed by atoms with Crippen LogP contribution in [-0.2, 0) is 4.84 Å². The minimum Gasteiger partial charge on any atom is -0.389 e. The topological polar surface area (TPSA) is 65.9 Å². The molecule has 2 aliphatic rings. The van der Waals surface area contributed by atoms with Gasteiger partial charge in [0.2, 0.25) is 0 Å². The van der Waals surface area contributed by atoms with Crippen LogP contribution in [0.4, 0.5) is 0 Å². The second kappa shape index (κ2) is 8.55. The molecule has 5 heteroatoms. The highest BCUT2D eigenvalue weighted by Crippen LogP contribution is 2.58. The molecule has 5 nitrogen and oxygen atoms in total. The summed E-state index contributed by atoms with van der Waals surface area (Å²) in [6, 6.07) is 10.4. The third-order valence-electron chi connectivity index (χ3n) is 6.55. The van der Waals surface area contributed by atoms with Gasteiger partial charge >= 0.3 is 0 Å². The third kappa shape index (κ3) is 4.26. The standard InChI is InChI=1S/C22H33N3O2/c1-21-11-9-18(13-17-7-5-4-6-8-17)14-22(21,26)12-10-19(21)15-25-27-20(24-3)16-23-2/h4-8,13,15,19-20,23-24,26H,9-12,14,16H2,1-3H3/b18-13+,25-15?/t19-,20?,21-,22+/m1/s1. The Hall–Kier alpha value is -1.69. The lowest BCUT2D eigenvalue weighted by atomic mass is 9.61. The van der Waals surface area contributed by atoms with E-state index >= 15 is 0 Å². The molecular weight excluding hydrogens is 338 g/mol. The van der Waals surface area contributed by atoms with Crippen LogP contribution in [0, 0.1) is 11.3 Å². The lowest BCUT2D eigenvalue weighted by Gasteiger charge is -2.47. The first-order chi connectivity index (χ1) is 13.0. The summed E-state index contributed by atoms with van der Waals surface area (Å²) >= 11 is 0. The fourth-order valence-corrected chi connectivity index (χ4v) is 4.64. The Labute approximate surface area is 162 Å². The fraction of sp³-hybridized carbons (Fsp3) is 0.591. The van der Waals surface area contributed by atoms with E-state index in [4.69, 9.17) is 4.84 Å². The van der Waals surface area contributed by atoms with Gasteiger partial charge in [0.05, 0.1) is 5.60 Å². The third-order valence-corrected chi connectivity index (χ3v) is 6.55. The van der Waals surface area contributed by atoms with Gasteiger partial charge in [0.1, 0.15) is 0 Å². The summed E-state index contributed by atoms with van der Waals surface area (Å²) in [7, 11) is 3.74. The van der Waals surface area contributed by atoms with E-state index in [1.54, 1.807) is 0 Å². The number of nitrogens with one attached hydrogen (secondary N) is 2. The SMILES string of the molecule is CNCC(NC)ON=C[C@H]1CC[C@]2(O)C/C(=C/c3ccccc3)CC[C@]12C. The molecule has 0 amide bonds. The lowest BCUT2D eigenvalue weighted by Crippen LogP contribution is -2.48.